The molecule has 0 fully saturated rings. The third-order valence-electron chi connectivity index (χ3n) is 6.26. The summed E-state index contributed by atoms with van der Waals surface area (Å²) < 4.78 is 7.44. The Labute approximate surface area is 219 Å². The molecule has 0 spiro atoms. The molecule has 2 aromatic heterocycles. The number of ether oxygens (including phenoxy) is 1. The van der Waals surface area contributed by atoms with Crippen molar-refractivity contribution in [3.8, 4) is 5.75 Å². The molecular weight excluding hydrogens is 490 g/mol. The molecule has 1 aliphatic rings. The average molecular weight is 520 g/mol. The van der Waals surface area contributed by atoms with Crippen molar-refractivity contribution >= 4 is 50.9 Å². The number of imidazole rings is 1. The maximum Gasteiger partial charge on any atom is 0.264 e. The fourth-order valence-corrected chi connectivity index (χ4v) is 6.66. The quantitative estimate of drug-likeness (QED) is 0.272. The number of amides is 1. The van der Waals surface area contributed by atoms with Crippen molar-refractivity contribution in [3.05, 3.63) is 70.6 Å². The molecule has 0 aliphatic heterocycles. The molecule has 4 aromatic rings. The van der Waals surface area contributed by atoms with Gasteiger partial charge in [0.05, 0.1) is 17.4 Å². The highest BCUT2D eigenvalue weighted by Crippen LogP contribution is 2.39. The zero-order valence-electron chi connectivity index (χ0n) is 20.7. The van der Waals surface area contributed by atoms with E-state index in [4.69, 9.17) is 9.72 Å². The van der Waals surface area contributed by atoms with E-state index in [9.17, 15) is 9.59 Å². The number of benzene rings is 2. The Morgan fingerprint density at radius 2 is 1.81 bits per heavy atom. The van der Waals surface area contributed by atoms with Gasteiger partial charge in [-0.15, -0.1) is 11.3 Å². The van der Waals surface area contributed by atoms with Crippen LogP contribution in [0.3, 0.4) is 0 Å². The summed E-state index contributed by atoms with van der Waals surface area (Å²) in [5.41, 5.74) is 3.57. The summed E-state index contributed by atoms with van der Waals surface area (Å²) in [6.45, 7) is 3.96. The van der Waals surface area contributed by atoms with Gasteiger partial charge in [-0.25, -0.2) is 4.98 Å². The van der Waals surface area contributed by atoms with Crippen LogP contribution < -0.4 is 9.64 Å². The summed E-state index contributed by atoms with van der Waals surface area (Å²) >= 11 is 3.00. The molecule has 0 saturated carbocycles. The van der Waals surface area contributed by atoms with Crippen molar-refractivity contribution in [2.45, 2.75) is 50.8 Å². The monoisotopic (exact) mass is 519 g/mol. The zero-order valence-corrected chi connectivity index (χ0v) is 22.3. The van der Waals surface area contributed by atoms with Crippen LogP contribution in [0.15, 0.2) is 59.8 Å². The van der Waals surface area contributed by atoms with Gasteiger partial charge in [-0.1, -0.05) is 30.0 Å². The Morgan fingerprint density at radius 3 is 2.53 bits per heavy atom. The third-order valence-corrected chi connectivity index (χ3v) is 8.35. The second-order valence-corrected chi connectivity index (χ2v) is 11.2. The lowest BCUT2D eigenvalue weighted by atomic mass is 9.98. The van der Waals surface area contributed by atoms with E-state index in [1.807, 2.05) is 68.4 Å². The molecule has 0 radical (unpaired) electrons. The van der Waals surface area contributed by atoms with Crippen LogP contribution in [0.25, 0.3) is 10.3 Å². The number of rotatable bonds is 7. The minimum absolute atomic E-state index is 0.0652. The Kier molecular flexibility index (Phi) is 7.16. The first-order valence-corrected chi connectivity index (χ1v) is 14.0. The Balaban J connectivity index is 1.40. The Hall–Kier alpha value is -3.10. The predicted octanol–water partition coefficient (Wildman–Crippen LogP) is 6.21. The number of thiophene rings is 1. The number of aryl methyl sites for hydroxylation is 2. The van der Waals surface area contributed by atoms with Crippen molar-refractivity contribution in [2.24, 2.45) is 0 Å². The van der Waals surface area contributed by atoms with Gasteiger partial charge >= 0.3 is 0 Å². The van der Waals surface area contributed by atoms with Gasteiger partial charge in [0.15, 0.2) is 5.16 Å². The number of nitrogens with zero attached hydrogens (tertiary/aromatic N) is 3. The summed E-state index contributed by atoms with van der Waals surface area (Å²) in [6.07, 6.45) is 4.40. The highest BCUT2D eigenvalue weighted by Gasteiger charge is 2.27. The van der Waals surface area contributed by atoms with E-state index in [1.54, 1.807) is 27.9 Å². The maximum absolute atomic E-state index is 13.6. The van der Waals surface area contributed by atoms with Crippen LogP contribution in [0.1, 0.15) is 47.5 Å². The van der Waals surface area contributed by atoms with Gasteiger partial charge in [-0.2, -0.15) is 0 Å². The van der Waals surface area contributed by atoms with Gasteiger partial charge in [-0.05, 0) is 81.5 Å². The number of carbonyl (C=O) groups excluding carboxylic acids is 2. The summed E-state index contributed by atoms with van der Waals surface area (Å²) in [7, 11) is 1.76. The highest BCUT2D eigenvalue weighted by atomic mass is 32.2. The average Bonchev–Trinajstić information content (AvgIpc) is 3.42. The van der Waals surface area contributed by atoms with Gasteiger partial charge in [0, 0.05) is 23.2 Å². The first-order chi connectivity index (χ1) is 17.4. The minimum Gasteiger partial charge on any atom is -0.491 e. The predicted molar refractivity (Wildman–Crippen MR) is 147 cm³/mol. The van der Waals surface area contributed by atoms with E-state index < -0.39 is 0 Å². The molecule has 186 valence electrons. The summed E-state index contributed by atoms with van der Waals surface area (Å²) in [6, 6.07) is 16.8. The van der Waals surface area contributed by atoms with Gasteiger partial charge < -0.3 is 9.64 Å². The molecule has 6 nitrogen and oxygen atoms in total. The van der Waals surface area contributed by atoms with Crippen LogP contribution in [0.5, 0.6) is 5.75 Å². The molecular formula is C28H29N3O3S2. The zero-order chi connectivity index (χ0) is 25.2. The lowest BCUT2D eigenvalue weighted by Crippen LogP contribution is -2.28. The Morgan fingerprint density at radius 1 is 1.08 bits per heavy atom. The van der Waals surface area contributed by atoms with E-state index in [2.05, 4.69) is 0 Å². The largest absolute Gasteiger partial charge is 0.491 e. The third kappa shape index (κ3) is 4.92. The normalized spacial score (nSPS) is 13.1. The second kappa shape index (κ2) is 10.5. The van der Waals surface area contributed by atoms with Crippen LogP contribution in [-0.4, -0.2) is 40.3 Å². The van der Waals surface area contributed by atoms with Crippen molar-refractivity contribution in [3.63, 3.8) is 0 Å². The van der Waals surface area contributed by atoms with E-state index in [0.29, 0.717) is 10.7 Å². The second-order valence-electron chi connectivity index (χ2n) is 9.17. The number of carbonyl (C=O) groups is 2. The molecule has 36 heavy (non-hydrogen) atoms. The molecule has 0 unspecified atom stereocenters. The van der Waals surface area contributed by atoms with Crippen LogP contribution in [0.2, 0.25) is 0 Å². The van der Waals surface area contributed by atoms with Crippen LogP contribution >= 0.6 is 23.1 Å². The van der Waals surface area contributed by atoms with Crippen LogP contribution in [0.4, 0.5) is 5.69 Å². The van der Waals surface area contributed by atoms with Crippen LogP contribution in [-0.2, 0) is 17.6 Å². The molecule has 0 N–H and O–H groups in total. The molecule has 1 amide bonds. The smallest absolute Gasteiger partial charge is 0.264 e. The molecule has 2 aromatic carbocycles. The number of hydrogen-bond donors (Lipinski definition) is 0. The standard InChI is InChI=1S/C28H29N3O3S2/c1-18(2)34-21-15-13-20(14-16-21)30(3)24(32)17-35-28-29-26-25(22-11-7-8-12-23(22)36-26)31(28)27(33)19-9-5-4-6-10-19/h4-6,9-10,13-16,18H,7-8,11-12,17H2,1-3H3. The number of hydrogen-bond acceptors (Lipinski definition) is 6. The van der Waals surface area contributed by atoms with Crippen molar-refractivity contribution in [2.75, 3.05) is 17.7 Å². The minimum atomic E-state index is -0.103. The van der Waals surface area contributed by atoms with E-state index in [-0.39, 0.29) is 23.7 Å². The fraction of sp³-hybridized carbons (Fsp3) is 0.321. The summed E-state index contributed by atoms with van der Waals surface area (Å²) in [5, 5.41) is 0.570. The number of anilines is 1. The first kappa shape index (κ1) is 24.6. The van der Waals surface area contributed by atoms with E-state index in [1.165, 1.54) is 28.6 Å². The lowest BCUT2D eigenvalue weighted by Gasteiger charge is -2.18. The molecule has 5 rings (SSSR count). The topological polar surface area (TPSA) is 64.4 Å². The molecule has 0 saturated heterocycles. The molecule has 0 bridgehead atoms. The molecule has 8 heteroatoms. The lowest BCUT2D eigenvalue weighted by molar-refractivity contribution is -0.115. The van der Waals surface area contributed by atoms with Gasteiger partial charge in [0.1, 0.15) is 10.6 Å². The summed E-state index contributed by atoms with van der Waals surface area (Å²) in [4.78, 5) is 35.4. The molecule has 2 heterocycles. The maximum atomic E-state index is 13.6. The molecule has 0 atom stereocenters. The number of thioether (sulfide) groups is 1. The highest BCUT2D eigenvalue weighted by molar-refractivity contribution is 7.99. The van der Waals surface area contributed by atoms with Gasteiger partial charge in [0.25, 0.3) is 5.91 Å². The van der Waals surface area contributed by atoms with Gasteiger partial charge in [-0.3, -0.25) is 14.2 Å². The first-order valence-electron chi connectivity index (χ1n) is 12.2. The van der Waals surface area contributed by atoms with E-state index in [0.717, 1.165) is 41.0 Å². The van der Waals surface area contributed by atoms with Crippen molar-refractivity contribution < 1.29 is 14.3 Å². The van der Waals surface area contributed by atoms with Crippen molar-refractivity contribution in [1.29, 1.82) is 0 Å². The SMILES string of the molecule is CC(C)Oc1ccc(N(C)C(=O)CSc2nc3sc4c(c3n2C(=O)c2ccccc2)CCCC4)cc1. The van der Waals surface area contributed by atoms with Crippen molar-refractivity contribution in [1.82, 2.24) is 9.55 Å². The van der Waals surface area contributed by atoms with E-state index >= 15 is 0 Å². The Bertz CT molecular complexity index is 1390. The summed E-state index contributed by atoms with van der Waals surface area (Å²) in [5.74, 6) is 0.779. The molecule has 1 aliphatic carbocycles. The number of fused-ring (bicyclic) bond motifs is 3. The fourth-order valence-electron chi connectivity index (χ4n) is 4.46. The number of aromatic nitrogens is 2. The van der Waals surface area contributed by atoms with Gasteiger partial charge in [0.2, 0.25) is 5.91 Å². The van der Waals surface area contributed by atoms with Crippen LogP contribution in [0, 0.1) is 0 Å².